The normalized spacial score (nSPS) is 14.7. The topological polar surface area (TPSA) is 55.1 Å². The minimum absolute atomic E-state index is 0.0665. The smallest absolute Gasteiger partial charge is 0.242 e. The number of nitrogens with two attached hydrogens (primary N) is 1. The van der Waals surface area contributed by atoms with E-state index >= 15 is 0 Å². The van der Waals surface area contributed by atoms with Crippen molar-refractivity contribution < 1.29 is 9.18 Å². The highest BCUT2D eigenvalue weighted by Gasteiger charge is 2.33. The summed E-state index contributed by atoms with van der Waals surface area (Å²) >= 11 is 0. The number of carbonyl (C=O) groups is 1. The molecule has 0 bridgehead atoms. The summed E-state index contributed by atoms with van der Waals surface area (Å²) in [5, 5.41) is 3.08. The Kier molecular flexibility index (Phi) is 3.88. The first-order valence-corrected chi connectivity index (χ1v) is 5.61. The number of amides is 1. The van der Waals surface area contributed by atoms with Crippen LogP contribution in [0.1, 0.15) is 31.9 Å². The van der Waals surface area contributed by atoms with Crippen molar-refractivity contribution in [3.05, 3.63) is 35.1 Å². The minimum atomic E-state index is -1.05. The second-order valence-electron chi connectivity index (χ2n) is 4.75. The number of benzene rings is 1. The molecule has 0 aliphatic heterocycles. The molecule has 1 aromatic rings. The molecule has 0 aromatic heterocycles. The predicted molar refractivity (Wildman–Crippen MR) is 66.0 cm³/mol. The lowest BCUT2D eigenvalue weighted by molar-refractivity contribution is -0.124. The van der Waals surface area contributed by atoms with Gasteiger partial charge in [-0.1, -0.05) is 12.1 Å². The Bertz CT molecular complexity index is 431. The van der Waals surface area contributed by atoms with Crippen molar-refractivity contribution >= 4 is 5.91 Å². The number of hydrogen-bond donors (Lipinski definition) is 2. The van der Waals surface area contributed by atoms with Gasteiger partial charge in [0.05, 0.1) is 0 Å². The molecule has 0 spiro atoms. The van der Waals surface area contributed by atoms with Gasteiger partial charge in [0, 0.05) is 6.04 Å². The predicted octanol–water partition coefficient (Wildman–Crippen LogP) is 1.83. The molecule has 1 unspecified atom stereocenters. The molecule has 0 aliphatic rings. The van der Waals surface area contributed by atoms with E-state index in [2.05, 4.69) is 5.32 Å². The molecular weight excluding hydrogens is 219 g/mol. The number of hydrogen-bond acceptors (Lipinski definition) is 2. The molecule has 1 aromatic carbocycles. The summed E-state index contributed by atoms with van der Waals surface area (Å²) in [6.45, 7) is 7.16. The molecule has 0 heterocycles. The van der Waals surface area contributed by atoms with Gasteiger partial charge in [0.1, 0.15) is 11.4 Å². The van der Waals surface area contributed by atoms with Gasteiger partial charge in [0.25, 0.3) is 0 Å². The first kappa shape index (κ1) is 13.6. The molecule has 1 rings (SSSR count). The van der Waals surface area contributed by atoms with Crippen molar-refractivity contribution in [1.82, 2.24) is 5.32 Å². The number of aryl methyl sites for hydroxylation is 1. The van der Waals surface area contributed by atoms with E-state index in [-0.39, 0.29) is 11.9 Å². The third-order valence-corrected chi connectivity index (χ3v) is 2.82. The lowest BCUT2D eigenvalue weighted by atomic mass is 9.89. The van der Waals surface area contributed by atoms with E-state index in [9.17, 15) is 9.18 Å². The molecule has 3 N–H and O–H groups in total. The van der Waals surface area contributed by atoms with Gasteiger partial charge >= 0.3 is 0 Å². The van der Waals surface area contributed by atoms with E-state index < -0.39 is 11.4 Å². The van der Waals surface area contributed by atoms with Crippen molar-refractivity contribution in [3.63, 3.8) is 0 Å². The summed E-state index contributed by atoms with van der Waals surface area (Å²) in [5.41, 5.74) is 5.45. The fourth-order valence-corrected chi connectivity index (χ4v) is 1.78. The van der Waals surface area contributed by atoms with Crippen LogP contribution >= 0.6 is 0 Å². The van der Waals surface area contributed by atoms with Gasteiger partial charge in [-0.05, 0) is 44.9 Å². The first-order chi connectivity index (χ1) is 7.77. The van der Waals surface area contributed by atoms with Crippen molar-refractivity contribution in [1.29, 1.82) is 0 Å². The Labute approximate surface area is 101 Å². The SMILES string of the molecule is Cc1ccc(C(C)(NC(C)C)C(N)=O)cc1F. The summed E-state index contributed by atoms with van der Waals surface area (Å²) in [4.78, 5) is 11.6. The average molecular weight is 238 g/mol. The molecule has 0 fully saturated rings. The van der Waals surface area contributed by atoms with E-state index in [0.29, 0.717) is 11.1 Å². The maximum Gasteiger partial charge on any atom is 0.242 e. The van der Waals surface area contributed by atoms with Crippen LogP contribution < -0.4 is 11.1 Å². The van der Waals surface area contributed by atoms with Crippen LogP contribution in [0.5, 0.6) is 0 Å². The highest BCUT2D eigenvalue weighted by molar-refractivity contribution is 5.85. The molecular formula is C13H19FN2O. The molecule has 0 saturated heterocycles. The molecule has 4 heteroatoms. The molecule has 1 atom stereocenters. The van der Waals surface area contributed by atoms with Crippen LogP contribution in [0, 0.1) is 12.7 Å². The Hall–Kier alpha value is -1.42. The van der Waals surface area contributed by atoms with Crippen LogP contribution in [0.2, 0.25) is 0 Å². The van der Waals surface area contributed by atoms with Gasteiger partial charge in [-0.25, -0.2) is 4.39 Å². The van der Waals surface area contributed by atoms with Crippen LogP contribution in [0.3, 0.4) is 0 Å². The molecule has 94 valence electrons. The number of nitrogens with one attached hydrogen (secondary N) is 1. The summed E-state index contributed by atoms with van der Waals surface area (Å²) in [6, 6.07) is 4.79. The molecule has 0 aliphatic carbocycles. The average Bonchev–Trinajstić information content (AvgIpc) is 2.20. The zero-order valence-corrected chi connectivity index (χ0v) is 10.7. The van der Waals surface area contributed by atoms with Gasteiger partial charge in [-0.2, -0.15) is 0 Å². The fourth-order valence-electron chi connectivity index (χ4n) is 1.78. The summed E-state index contributed by atoms with van der Waals surface area (Å²) in [7, 11) is 0. The van der Waals surface area contributed by atoms with Gasteiger partial charge in [0.2, 0.25) is 5.91 Å². The molecule has 1 amide bonds. The molecule has 0 radical (unpaired) electrons. The zero-order chi connectivity index (χ0) is 13.2. The maximum absolute atomic E-state index is 13.5. The highest BCUT2D eigenvalue weighted by atomic mass is 19.1. The van der Waals surface area contributed by atoms with Crippen molar-refractivity contribution in [2.24, 2.45) is 5.73 Å². The highest BCUT2D eigenvalue weighted by Crippen LogP contribution is 2.23. The lowest BCUT2D eigenvalue weighted by Crippen LogP contribution is -2.52. The van der Waals surface area contributed by atoms with E-state index in [4.69, 9.17) is 5.73 Å². The van der Waals surface area contributed by atoms with Gasteiger partial charge in [0.15, 0.2) is 0 Å². The van der Waals surface area contributed by atoms with E-state index in [1.54, 1.807) is 26.0 Å². The summed E-state index contributed by atoms with van der Waals surface area (Å²) < 4.78 is 13.5. The van der Waals surface area contributed by atoms with Crippen molar-refractivity contribution in [3.8, 4) is 0 Å². The first-order valence-electron chi connectivity index (χ1n) is 5.61. The summed E-state index contributed by atoms with van der Waals surface area (Å²) in [5.74, 6) is -0.852. The molecule has 0 saturated carbocycles. The standard InChI is InChI=1S/C13H19FN2O/c1-8(2)16-13(4,12(15)17)10-6-5-9(3)11(14)7-10/h5-8,16H,1-4H3,(H2,15,17). The zero-order valence-electron chi connectivity index (χ0n) is 10.7. The Morgan fingerprint density at radius 2 is 2.06 bits per heavy atom. The number of rotatable bonds is 4. The van der Waals surface area contributed by atoms with E-state index in [1.165, 1.54) is 6.07 Å². The third kappa shape index (κ3) is 2.82. The monoisotopic (exact) mass is 238 g/mol. The second kappa shape index (κ2) is 4.84. The third-order valence-electron chi connectivity index (χ3n) is 2.82. The number of primary amides is 1. The Morgan fingerprint density at radius 3 is 2.47 bits per heavy atom. The number of halogens is 1. The fraction of sp³-hybridized carbons (Fsp3) is 0.462. The largest absolute Gasteiger partial charge is 0.368 e. The van der Waals surface area contributed by atoms with Crippen LogP contribution in [0.15, 0.2) is 18.2 Å². The quantitative estimate of drug-likeness (QED) is 0.840. The lowest BCUT2D eigenvalue weighted by Gasteiger charge is -2.30. The minimum Gasteiger partial charge on any atom is -0.368 e. The van der Waals surface area contributed by atoms with Crippen LogP contribution in [-0.4, -0.2) is 11.9 Å². The maximum atomic E-state index is 13.5. The summed E-state index contributed by atoms with van der Waals surface area (Å²) in [6.07, 6.45) is 0. The van der Waals surface area contributed by atoms with Gasteiger partial charge < -0.3 is 5.73 Å². The number of carbonyl (C=O) groups excluding carboxylic acids is 1. The van der Waals surface area contributed by atoms with E-state index in [1.807, 2.05) is 13.8 Å². The second-order valence-corrected chi connectivity index (χ2v) is 4.75. The van der Waals surface area contributed by atoms with Gasteiger partial charge in [-0.15, -0.1) is 0 Å². The van der Waals surface area contributed by atoms with Crippen molar-refractivity contribution in [2.75, 3.05) is 0 Å². The molecule has 17 heavy (non-hydrogen) atoms. The Balaban J connectivity index is 3.22. The van der Waals surface area contributed by atoms with Crippen LogP contribution in [0.25, 0.3) is 0 Å². The van der Waals surface area contributed by atoms with Gasteiger partial charge in [-0.3, -0.25) is 10.1 Å². The molecule has 3 nitrogen and oxygen atoms in total. The Morgan fingerprint density at radius 1 is 1.47 bits per heavy atom. The van der Waals surface area contributed by atoms with Crippen LogP contribution in [0.4, 0.5) is 4.39 Å². The van der Waals surface area contributed by atoms with Crippen molar-refractivity contribution in [2.45, 2.75) is 39.3 Å². The van der Waals surface area contributed by atoms with E-state index in [0.717, 1.165) is 0 Å². The van der Waals surface area contributed by atoms with Crippen LogP contribution in [-0.2, 0) is 10.3 Å².